The van der Waals surface area contributed by atoms with Crippen LogP contribution in [0.25, 0.3) is 0 Å². The lowest BCUT2D eigenvalue weighted by Crippen LogP contribution is -2.43. The molecule has 0 spiro atoms. The number of nitrogens with zero attached hydrogens (tertiary/aromatic N) is 4. The molecule has 2 rings (SSSR count). The lowest BCUT2D eigenvalue weighted by molar-refractivity contribution is 0.0876. The zero-order valence-corrected chi connectivity index (χ0v) is 8.91. The molecule has 14 heavy (non-hydrogen) atoms. The van der Waals surface area contributed by atoms with E-state index in [-0.39, 0.29) is 5.91 Å². The van der Waals surface area contributed by atoms with Crippen molar-refractivity contribution in [1.29, 1.82) is 0 Å². The van der Waals surface area contributed by atoms with E-state index in [1.807, 2.05) is 0 Å². The van der Waals surface area contributed by atoms with Crippen molar-refractivity contribution in [2.75, 3.05) is 18.4 Å². The average Bonchev–Trinajstić information content (AvgIpc) is 2.54. The quantitative estimate of drug-likeness (QED) is 0.586. The zero-order valence-electron chi connectivity index (χ0n) is 8.09. The number of aromatic nitrogens is 2. The van der Waals surface area contributed by atoms with Gasteiger partial charge in [0.05, 0.1) is 6.33 Å². The molecule has 6 nitrogen and oxygen atoms in total. The molecule has 1 unspecified atom stereocenters. The molecule has 0 aromatic carbocycles. The van der Waals surface area contributed by atoms with E-state index < -0.39 is 11.2 Å². The van der Waals surface area contributed by atoms with E-state index in [9.17, 15) is 9.00 Å². The first kappa shape index (κ1) is 9.20. The van der Waals surface area contributed by atoms with Crippen molar-refractivity contribution in [2.24, 2.45) is 7.05 Å². The monoisotopic (exact) mass is 214 g/mol. The maximum absolute atomic E-state index is 11.7. The van der Waals surface area contributed by atoms with Gasteiger partial charge in [0.2, 0.25) is 11.2 Å². The molecule has 0 aliphatic carbocycles. The predicted octanol–water partition coefficient (Wildman–Crippen LogP) is -0.479. The van der Waals surface area contributed by atoms with Crippen molar-refractivity contribution in [2.45, 2.75) is 0 Å². The Hall–Kier alpha value is -1.37. The second-order valence-corrected chi connectivity index (χ2v) is 4.62. The van der Waals surface area contributed by atoms with E-state index in [0.29, 0.717) is 11.5 Å². The first-order chi connectivity index (χ1) is 6.54. The van der Waals surface area contributed by atoms with E-state index in [2.05, 4.69) is 4.98 Å². The Labute approximate surface area is 83.9 Å². The minimum atomic E-state index is -1.47. The van der Waals surface area contributed by atoms with Gasteiger partial charge >= 0.3 is 0 Å². The molecule has 1 aromatic heterocycles. The molecule has 0 fully saturated rings. The van der Waals surface area contributed by atoms with Gasteiger partial charge in [-0.25, -0.2) is 13.5 Å². The number of anilines is 1. The lowest BCUT2D eigenvalue weighted by Gasteiger charge is -2.28. The lowest BCUT2D eigenvalue weighted by atomic mass is 10.4. The molecule has 1 atom stereocenters. The van der Waals surface area contributed by atoms with Gasteiger partial charge in [-0.3, -0.25) is 9.10 Å². The topological polar surface area (TPSA) is 58.4 Å². The molecular weight excluding hydrogens is 204 g/mol. The minimum Gasteiger partial charge on any atom is -0.328 e. The third kappa shape index (κ3) is 0.985. The number of carbonyl (C=O) groups is 1. The van der Waals surface area contributed by atoms with Gasteiger partial charge < -0.3 is 4.57 Å². The number of fused-ring (bicyclic) bond motifs is 1. The van der Waals surface area contributed by atoms with Gasteiger partial charge in [0, 0.05) is 21.1 Å². The highest BCUT2D eigenvalue weighted by atomic mass is 32.2. The van der Waals surface area contributed by atoms with E-state index in [1.54, 1.807) is 18.7 Å². The molecule has 0 N–H and O–H groups in total. The standard InChI is InChI=1S/C7H10N4O2S/c1-9-4-8-6-5(9)7(12)11(3)14(13)10(6)2/h4H,1-3H3. The summed E-state index contributed by atoms with van der Waals surface area (Å²) in [5.41, 5.74) is 0.467. The molecule has 1 amide bonds. The van der Waals surface area contributed by atoms with Crippen molar-refractivity contribution < 1.29 is 9.00 Å². The van der Waals surface area contributed by atoms with Crippen LogP contribution in [0.1, 0.15) is 10.5 Å². The highest BCUT2D eigenvalue weighted by molar-refractivity contribution is 7.84. The van der Waals surface area contributed by atoms with Crippen LogP contribution in [0.4, 0.5) is 5.82 Å². The number of hydrogen-bond donors (Lipinski definition) is 0. The maximum atomic E-state index is 11.7. The Balaban J connectivity index is 2.64. The van der Waals surface area contributed by atoms with Gasteiger partial charge in [-0.05, 0) is 0 Å². The molecular formula is C7H10N4O2S. The first-order valence-corrected chi connectivity index (χ1v) is 5.05. The van der Waals surface area contributed by atoms with Gasteiger partial charge in [0.25, 0.3) is 5.91 Å². The van der Waals surface area contributed by atoms with Crippen LogP contribution in [0.3, 0.4) is 0 Å². The van der Waals surface area contributed by atoms with Crippen molar-refractivity contribution in [3.63, 3.8) is 0 Å². The molecule has 2 heterocycles. The van der Waals surface area contributed by atoms with Gasteiger partial charge in [0.15, 0.2) is 11.5 Å². The highest BCUT2D eigenvalue weighted by Gasteiger charge is 2.34. The fraction of sp³-hybridized carbons (Fsp3) is 0.429. The summed E-state index contributed by atoms with van der Waals surface area (Å²) >= 11 is -1.47. The van der Waals surface area contributed by atoms with Gasteiger partial charge in [-0.1, -0.05) is 0 Å². The summed E-state index contributed by atoms with van der Waals surface area (Å²) in [6.07, 6.45) is 1.54. The number of aryl methyl sites for hydroxylation is 1. The zero-order chi connectivity index (χ0) is 10.5. The van der Waals surface area contributed by atoms with Crippen LogP contribution in [-0.4, -0.2) is 38.1 Å². The van der Waals surface area contributed by atoms with E-state index in [0.717, 1.165) is 0 Å². The number of rotatable bonds is 0. The van der Waals surface area contributed by atoms with Crippen molar-refractivity contribution in [3.8, 4) is 0 Å². The average molecular weight is 214 g/mol. The molecule has 0 radical (unpaired) electrons. The SMILES string of the molecule is CN1C(=O)c2c(ncn2C)N(C)S1=O. The van der Waals surface area contributed by atoms with Gasteiger partial charge in [0.1, 0.15) is 0 Å². The molecule has 7 heteroatoms. The third-order valence-electron chi connectivity index (χ3n) is 2.17. The molecule has 0 saturated heterocycles. The normalized spacial score (nSPS) is 21.4. The smallest absolute Gasteiger partial charge is 0.287 e. The fourth-order valence-corrected chi connectivity index (χ4v) is 2.25. The van der Waals surface area contributed by atoms with Crippen LogP contribution in [0.2, 0.25) is 0 Å². The van der Waals surface area contributed by atoms with Crippen LogP contribution in [0, 0.1) is 0 Å². The Kier molecular flexibility index (Phi) is 1.84. The van der Waals surface area contributed by atoms with Crippen molar-refractivity contribution >= 4 is 22.9 Å². The summed E-state index contributed by atoms with van der Waals surface area (Å²) in [6.45, 7) is 0. The minimum absolute atomic E-state index is 0.267. The predicted molar refractivity (Wildman–Crippen MR) is 51.8 cm³/mol. The number of hydrogen-bond acceptors (Lipinski definition) is 3. The highest BCUT2D eigenvalue weighted by Crippen LogP contribution is 2.25. The summed E-state index contributed by atoms with van der Waals surface area (Å²) in [6, 6.07) is 0. The molecule has 1 aliphatic rings. The molecule has 0 saturated carbocycles. The Morgan fingerprint density at radius 1 is 1.29 bits per heavy atom. The van der Waals surface area contributed by atoms with E-state index >= 15 is 0 Å². The molecule has 0 bridgehead atoms. The van der Waals surface area contributed by atoms with Crippen molar-refractivity contribution in [3.05, 3.63) is 12.0 Å². The Morgan fingerprint density at radius 3 is 2.57 bits per heavy atom. The third-order valence-corrected chi connectivity index (χ3v) is 3.45. The van der Waals surface area contributed by atoms with Crippen LogP contribution in [0.5, 0.6) is 0 Å². The Bertz CT molecular complexity index is 427. The summed E-state index contributed by atoms with van der Waals surface area (Å²) in [4.78, 5) is 15.7. The number of amides is 1. The van der Waals surface area contributed by atoms with Crippen LogP contribution < -0.4 is 4.31 Å². The summed E-state index contributed by atoms with van der Waals surface area (Å²) in [5.74, 6) is 0.199. The molecule has 1 aliphatic heterocycles. The van der Waals surface area contributed by atoms with Gasteiger partial charge in [-0.2, -0.15) is 0 Å². The summed E-state index contributed by atoms with van der Waals surface area (Å²) < 4.78 is 15.9. The van der Waals surface area contributed by atoms with Crippen molar-refractivity contribution in [1.82, 2.24) is 13.9 Å². The molecule has 76 valence electrons. The van der Waals surface area contributed by atoms with Crippen LogP contribution in [0.15, 0.2) is 6.33 Å². The summed E-state index contributed by atoms with van der Waals surface area (Å²) in [7, 11) is 4.88. The van der Waals surface area contributed by atoms with Gasteiger partial charge in [-0.15, -0.1) is 0 Å². The molecule has 1 aromatic rings. The van der Waals surface area contributed by atoms with E-state index in [1.165, 1.54) is 22.0 Å². The maximum Gasteiger partial charge on any atom is 0.287 e. The largest absolute Gasteiger partial charge is 0.328 e. The first-order valence-electron chi connectivity index (χ1n) is 3.99. The Morgan fingerprint density at radius 2 is 1.93 bits per heavy atom. The second kappa shape index (κ2) is 2.81. The van der Waals surface area contributed by atoms with E-state index in [4.69, 9.17) is 0 Å². The number of imidazole rings is 1. The summed E-state index contributed by atoms with van der Waals surface area (Å²) in [5, 5.41) is 0. The second-order valence-electron chi connectivity index (χ2n) is 3.06. The van der Waals surface area contributed by atoms with Crippen LogP contribution >= 0.6 is 0 Å². The number of carbonyl (C=O) groups excluding carboxylic acids is 1. The fourth-order valence-electron chi connectivity index (χ4n) is 1.37. The van der Waals surface area contributed by atoms with Crippen LogP contribution in [-0.2, 0) is 18.2 Å².